The minimum atomic E-state index is -0.0635. The van der Waals surface area contributed by atoms with E-state index in [0.29, 0.717) is 18.0 Å². The second kappa shape index (κ2) is 6.95. The fraction of sp³-hybridized carbons (Fsp3) is 0.286. The summed E-state index contributed by atoms with van der Waals surface area (Å²) in [5.74, 6) is 1.30. The summed E-state index contributed by atoms with van der Waals surface area (Å²) >= 11 is 5.75. The molecular weight excluding hydrogens is 262 g/mol. The van der Waals surface area contributed by atoms with Crippen LogP contribution in [-0.4, -0.2) is 22.4 Å². The molecule has 0 bridgehead atoms. The van der Waals surface area contributed by atoms with Gasteiger partial charge in [0.15, 0.2) is 0 Å². The van der Waals surface area contributed by atoms with E-state index in [2.05, 4.69) is 15.3 Å². The Kier molecular flexibility index (Phi) is 4.98. The Morgan fingerprint density at radius 1 is 1.42 bits per heavy atom. The van der Waals surface area contributed by atoms with E-state index in [1.54, 1.807) is 18.5 Å². The molecule has 0 fully saturated rings. The molecule has 0 aliphatic rings. The molecule has 4 nitrogen and oxygen atoms in total. The summed E-state index contributed by atoms with van der Waals surface area (Å²) in [6, 6.07) is 7.35. The van der Waals surface area contributed by atoms with Crippen LogP contribution in [0.3, 0.4) is 0 Å². The normalized spacial score (nSPS) is 10.4. The molecule has 0 unspecified atom stereocenters. The maximum absolute atomic E-state index is 11.9. The first-order valence-electron chi connectivity index (χ1n) is 6.21. The Hall–Kier alpha value is -1.81. The lowest BCUT2D eigenvalue weighted by Crippen LogP contribution is -2.24. The van der Waals surface area contributed by atoms with E-state index >= 15 is 0 Å². The van der Waals surface area contributed by atoms with Gasteiger partial charge in [0.05, 0.1) is 0 Å². The van der Waals surface area contributed by atoms with E-state index in [1.807, 2.05) is 18.2 Å². The van der Waals surface area contributed by atoms with Crippen molar-refractivity contribution in [1.29, 1.82) is 0 Å². The summed E-state index contributed by atoms with van der Waals surface area (Å²) in [7, 11) is 0. The van der Waals surface area contributed by atoms with Gasteiger partial charge in [0.25, 0.3) is 5.91 Å². The van der Waals surface area contributed by atoms with Crippen molar-refractivity contribution in [2.45, 2.75) is 18.7 Å². The van der Waals surface area contributed by atoms with Crippen molar-refractivity contribution in [3.63, 3.8) is 0 Å². The molecule has 1 amide bonds. The highest BCUT2D eigenvalue weighted by atomic mass is 35.5. The van der Waals surface area contributed by atoms with Crippen LogP contribution in [0.2, 0.25) is 0 Å². The minimum Gasteiger partial charge on any atom is -0.352 e. The molecule has 1 aromatic heterocycles. The van der Waals surface area contributed by atoms with Crippen molar-refractivity contribution in [3.8, 4) is 0 Å². The molecule has 0 radical (unpaired) electrons. The first-order chi connectivity index (χ1) is 9.29. The SMILES string of the molecule is O=C(NCCCc1ncc[nH]1)c1cccc(CCl)c1. The molecule has 0 aliphatic carbocycles. The number of hydrogen-bond acceptors (Lipinski definition) is 2. The van der Waals surface area contributed by atoms with Crippen molar-refractivity contribution in [2.24, 2.45) is 0 Å². The van der Waals surface area contributed by atoms with Crippen LogP contribution in [0.15, 0.2) is 36.7 Å². The van der Waals surface area contributed by atoms with Crippen LogP contribution in [0.1, 0.15) is 28.2 Å². The Bertz CT molecular complexity index is 525. The molecule has 19 heavy (non-hydrogen) atoms. The smallest absolute Gasteiger partial charge is 0.251 e. The van der Waals surface area contributed by atoms with Crippen LogP contribution in [-0.2, 0) is 12.3 Å². The largest absolute Gasteiger partial charge is 0.352 e. The van der Waals surface area contributed by atoms with Gasteiger partial charge in [-0.05, 0) is 24.1 Å². The summed E-state index contributed by atoms with van der Waals surface area (Å²) in [4.78, 5) is 19.1. The molecule has 0 atom stereocenters. The molecule has 5 heteroatoms. The van der Waals surface area contributed by atoms with E-state index in [1.165, 1.54) is 0 Å². The number of aromatic amines is 1. The second-order valence-corrected chi connectivity index (χ2v) is 4.50. The Morgan fingerprint density at radius 2 is 2.32 bits per heavy atom. The Balaban J connectivity index is 1.77. The highest BCUT2D eigenvalue weighted by molar-refractivity contribution is 6.17. The van der Waals surface area contributed by atoms with Gasteiger partial charge in [-0.3, -0.25) is 4.79 Å². The molecule has 0 saturated heterocycles. The fourth-order valence-electron chi connectivity index (χ4n) is 1.79. The number of nitrogens with zero attached hydrogens (tertiary/aromatic N) is 1. The average Bonchev–Trinajstić information content (AvgIpc) is 2.96. The molecule has 1 aromatic carbocycles. The van der Waals surface area contributed by atoms with Crippen LogP contribution in [0.25, 0.3) is 0 Å². The van der Waals surface area contributed by atoms with Gasteiger partial charge in [-0.15, -0.1) is 11.6 Å². The topological polar surface area (TPSA) is 57.8 Å². The average molecular weight is 278 g/mol. The number of rotatable bonds is 6. The number of hydrogen-bond donors (Lipinski definition) is 2. The van der Waals surface area contributed by atoms with Crippen LogP contribution in [0, 0.1) is 0 Å². The summed E-state index contributed by atoms with van der Waals surface area (Å²) in [6.45, 7) is 0.630. The molecule has 2 N–H and O–H groups in total. The number of aromatic nitrogens is 2. The number of alkyl halides is 1. The van der Waals surface area contributed by atoms with Crippen LogP contribution in [0.4, 0.5) is 0 Å². The molecule has 100 valence electrons. The Labute approximate surface area is 117 Å². The maximum Gasteiger partial charge on any atom is 0.251 e. The lowest BCUT2D eigenvalue weighted by molar-refractivity contribution is 0.0953. The second-order valence-electron chi connectivity index (χ2n) is 4.23. The summed E-state index contributed by atoms with van der Waals surface area (Å²) in [5, 5.41) is 2.89. The number of carbonyl (C=O) groups excluding carboxylic acids is 1. The van der Waals surface area contributed by atoms with Gasteiger partial charge in [-0.1, -0.05) is 12.1 Å². The quantitative estimate of drug-likeness (QED) is 0.630. The highest BCUT2D eigenvalue weighted by Crippen LogP contribution is 2.07. The lowest BCUT2D eigenvalue weighted by atomic mass is 10.1. The molecule has 0 aliphatic heterocycles. The van der Waals surface area contributed by atoms with Gasteiger partial charge in [0.2, 0.25) is 0 Å². The van der Waals surface area contributed by atoms with Gasteiger partial charge in [0, 0.05) is 36.8 Å². The van der Waals surface area contributed by atoms with Crippen LogP contribution in [0.5, 0.6) is 0 Å². The molecule has 2 rings (SSSR count). The third kappa shape index (κ3) is 4.10. The highest BCUT2D eigenvalue weighted by Gasteiger charge is 2.05. The van der Waals surface area contributed by atoms with Gasteiger partial charge in [-0.2, -0.15) is 0 Å². The number of amides is 1. The Morgan fingerprint density at radius 3 is 3.05 bits per heavy atom. The molecule has 2 aromatic rings. The summed E-state index contributed by atoms with van der Waals surface area (Å²) in [6.07, 6.45) is 5.21. The van der Waals surface area contributed by atoms with E-state index < -0.39 is 0 Å². The minimum absolute atomic E-state index is 0.0635. The van der Waals surface area contributed by atoms with Crippen molar-refractivity contribution in [1.82, 2.24) is 15.3 Å². The fourth-order valence-corrected chi connectivity index (χ4v) is 1.96. The zero-order valence-corrected chi connectivity index (χ0v) is 11.3. The van der Waals surface area contributed by atoms with Gasteiger partial charge in [0.1, 0.15) is 5.82 Å². The standard InChI is InChI=1S/C14H16ClN3O/c15-10-11-3-1-4-12(9-11)14(19)18-6-2-5-13-16-7-8-17-13/h1,3-4,7-9H,2,5-6,10H2,(H,16,17)(H,18,19). The first-order valence-corrected chi connectivity index (χ1v) is 6.74. The lowest BCUT2D eigenvalue weighted by Gasteiger charge is -2.05. The number of aryl methyl sites for hydroxylation is 1. The van der Waals surface area contributed by atoms with Crippen molar-refractivity contribution < 1.29 is 4.79 Å². The number of benzene rings is 1. The molecule has 0 spiro atoms. The monoisotopic (exact) mass is 277 g/mol. The van der Waals surface area contributed by atoms with Gasteiger partial charge < -0.3 is 10.3 Å². The zero-order valence-electron chi connectivity index (χ0n) is 10.5. The van der Waals surface area contributed by atoms with E-state index in [-0.39, 0.29) is 5.91 Å². The van der Waals surface area contributed by atoms with Crippen molar-refractivity contribution in [3.05, 3.63) is 53.6 Å². The molecular formula is C14H16ClN3O. The van der Waals surface area contributed by atoms with Crippen molar-refractivity contribution in [2.75, 3.05) is 6.54 Å². The predicted molar refractivity (Wildman–Crippen MR) is 75.2 cm³/mol. The number of H-pyrrole nitrogens is 1. The van der Waals surface area contributed by atoms with Crippen LogP contribution < -0.4 is 5.32 Å². The maximum atomic E-state index is 11.9. The van der Waals surface area contributed by atoms with Crippen molar-refractivity contribution >= 4 is 17.5 Å². The number of halogens is 1. The third-order valence-corrected chi connectivity index (χ3v) is 3.08. The van der Waals surface area contributed by atoms with E-state index in [4.69, 9.17) is 11.6 Å². The van der Waals surface area contributed by atoms with E-state index in [9.17, 15) is 4.79 Å². The van der Waals surface area contributed by atoms with Crippen LogP contribution >= 0.6 is 11.6 Å². The number of carbonyl (C=O) groups is 1. The molecule has 0 saturated carbocycles. The number of nitrogens with one attached hydrogen (secondary N) is 2. The first kappa shape index (κ1) is 13.6. The third-order valence-electron chi connectivity index (χ3n) is 2.77. The van der Waals surface area contributed by atoms with E-state index in [0.717, 1.165) is 24.2 Å². The van der Waals surface area contributed by atoms with Gasteiger partial charge >= 0.3 is 0 Å². The molecule has 1 heterocycles. The number of imidazole rings is 1. The zero-order chi connectivity index (χ0) is 13.5. The predicted octanol–water partition coefficient (Wildman–Crippen LogP) is 2.51. The summed E-state index contributed by atoms with van der Waals surface area (Å²) in [5.41, 5.74) is 1.60. The summed E-state index contributed by atoms with van der Waals surface area (Å²) < 4.78 is 0. The van der Waals surface area contributed by atoms with Gasteiger partial charge in [-0.25, -0.2) is 4.98 Å².